The molecule has 1 aliphatic rings. The van der Waals surface area contributed by atoms with Gasteiger partial charge in [0.05, 0.1) is 7.11 Å². The van der Waals surface area contributed by atoms with Crippen LogP contribution >= 0.6 is 0 Å². The van der Waals surface area contributed by atoms with Crippen molar-refractivity contribution in [1.82, 2.24) is 15.0 Å². The minimum absolute atomic E-state index is 0.218. The minimum Gasteiger partial charge on any atom is -0.467 e. The van der Waals surface area contributed by atoms with Gasteiger partial charge in [-0.2, -0.15) is 15.0 Å². The van der Waals surface area contributed by atoms with Gasteiger partial charge in [-0.25, -0.2) is 0 Å². The van der Waals surface area contributed by atoms with E-state index < -0.39 is 0 Å². The zero-order valence-corrected chi connectivity index (χ0v) is 11.1. The van der Waals surface area contributed by atoms with Gasteiger partial charge in [-0.05, 0) is 19.3 Å². The maximum Gasteiger partial charge on any atom is 0.322 e. The van der Waals surface area contributed by atoms with Crippen LogP contribution in [0.5, 0.6) is 6.01 Å². The van der Waals surface area contributed by atoms with Gasteiger partial charge >= 0.3 is 6.01 Å². The third-order valence-corrected chi connectivity index (χ3v) is 3.41. The topological polar surface area (TPSA) is 77.2 Å². The molecule has 0 spiro atoms. The highest BCUT2D eigenvalue weighted by Gasteiger charge is 2.22. The summed E-state index contributed by atoms with van der Waals surface area (Å²) in [6, 6.07) is 0.774. The summed E-state index contributed by atoms with van der Waals surface area (Å²) in [4.78, 5) is 14.7. The highest BCUT2D eigenvalue weighted by Crippen LogP contribution is 2.24. The SMILES string of the molecule is CCC1CCCCCN1c1nc(N)nc(OC)n1. The largest absolute Gasteiger partial charge is 0.467 e. The Morgan fingerprint density at radius 1 is 1.28 bits per heavy atom. The summed E-state index contributed by atoms with van der Waals surface area (Å²) < 4.78 is 5.06. The predicted octanol–water partition coefficient (Wildman–Crippen LogP) is 1.62. The summed E-state index contributed by atoms with van der Waals surface area (Å²) in [7, 11) is 1.54. The van der Waals surface area contributed by atoms with E-state index in [1.165, 1.54) is 32.8 Å². The zero-order valence-electron chi connectivity index (χ0n) is 11.1. The van der Waals surface area contributed by atoms with Crippen molar-refractivity contribution in [3.63, 3.8) is 0 Å². The molecule has 2 rings (SSSR count). The van der Waals surface area contributed by atoms with Crippen molar-refractivity contribution in [3.05, 3.63) is 0 Å². The highest BCUT2D eigenvalue weighted by atomic mass is 16.5. The fraction of sp³-hybridized carbons (Fsp3) is 0.750. The van der Waals surface area contributed by atoms with Gasteiger partial charge in [0.15, 0.2) is 0 Å². The van der Waals surface area contributed by atoms with Crippen LogP contribution in [0.15, 0.2) is 0 Å². The van der Waals surface area contributed by atoms with E-state index in [0.29, 0.717) is 12.0 Å². The molecule has 1 aromatic heterocycles. The molecule has 18 heavy (non-hydrogen) atoms. The van der Waals surface area contributed by atoms with E-state index >= 15 is 0 Å². The van der Waals surface area contributed by atoms with Crippen molar-refractivity contribution >= 4 is 11.9 Å². The number of hydrogen-bond acceptors (Lipinski definition) is 6. The van der Waals surface area contributed by atoms with Crippen molar-refractivity contribution in [1.29, 1.82) is 0 Å². The Morgan fingerprint density at radius 2 is 2.11 bits per heavy atom. The number of anilines is 2. The van der Waals surface area contributed by atoms with Crippen molar-refractivity contribution in [3.8, 4) is 6.01 Å². The van der Waals surface area contributed by atoms with Gasteiger partial charge in [-0.15, -0.1) is 0 Å². The predicted molar refractivity (Wildman–Crippen MR) is 70.7 cm³/mol. The molecule has 1 aliphatic heterocycles. The van der Waals surface area contributed by atoms with Gasteiger partial charge < -0.3 is 15.4 Å². The van der Waals surface area contributed by atoms with E-state index in [1.807, 2.05) is 0 Å². The molecular formula is C12H21N5O. The number of methoxy groups -OCH3 is 1. The van der Waals surface area contributed by atoms with E-state index in [4.69, 9.17) is 10.5 Å². The number of aromatic nitrogens is 3. The van der Waals surface area contributed by atoms with E-state index in [0.717, 1.165) is 13.0 Å². The van der Waals surface area contributed by atoms with Crippen molar-refractivity contribution in [2.24, 2.45) is 0 Å². The molecule has 1 atom stereocenters. The first-order valence-electron chi connectivity index (χ1n) is 6.56. The van der Waals surface area contributed by atoms with Gasteiger partial charge in [0.25, 0.3) is 0 Å². The quantitative estimate of drug-likeness (QED) is 0.879. The summed E-state index contributed by atoms with van der Waals surface area (Å²) in [6.07, 6.45) is 5.99. The molecule has 0 radical (unpaired) electrons. The molecule has 0 aliphatic carbocycles. The molecule has 6 nitrogen and oxygen atoms in total. The first-order valence-corrected chi connectivity index (χ1v) is 6.56. The summed E-state index contributed by atoms with van der Waals surface area (Å²) in [5.41, 5.74) is 5.70. The second kappa shape index (κ2) is 5.84. The normalized spacial score (nSPS) is 20.6. The molecular weight excluding hydrogens is 230 g/mol. The van der Waals surface area contributed by atoms with Gasteiger partial charge in [0, 0.05) is 12.6 Å². The summed E-state index contributed by atoms with van der Waals surface area (Å²) in [5.74, 6) is 0.865. The third kappa shape index (κ3) is 2.80. The number of rotatable bonds is 3. The lowest BCUT2D eigenvalue weighted by atomic mass is 10.1. The van der Waals surface area contributed by atoms with Crippen molar-refractivity contribution in [2.75, 3.05) is 24.3 Å². The molecule has 1 unspecified atom stereocenters. The lowest BCUT2D eigenvalue weighted by molar-refractivity contribution is 0.378. The minimum atomic E-state index is 0.218. The fourth-order valence-corrected chi connectivity index (χ4v) is 2.45. The van der Waals surface area contributed by atoms with Gasteiger partial charge in [-0.1, -0.05) is 19.8 Å². The zero-order chi connectivity index (χ0) is 13.0. The number of nitrogen functional groups attached to an aromatic ring is 1. The lowest BCUT2D eigenvalue weighted by Crippen LogP contribution is -2.36. The standard InChI is InChI=1S/C12H21N5O/c1-3-9-7-5-4-6-8-17(9)11-14-10(13)15-12(16-11)18-2/h9H,3-8H2,1-2H3,(H2,13,14,15,16). The first kappa shape index (κ1) is 12.9. The van der Waals surface area contributed by atoms with Crippen LogP contribution in [-0.2, 0) is 0 Å². The maximum absolute atomic E-state index is 5.70. The summed E-state index contributed by atoms with van der Waals surface area (Å²) >= 11 is 0. The number of ether oxygens (including phenoxy) is 1. The molecule has 0 amide bonds. The van der Waals surface area contributed by atoms with Crippen LogP contribution in [-0.4, -0.2) is 34.6 Å². The van der Waals surface area contributed by atoms with Crippen LogP contribution in [0.3, 0.4) is 0 Å². The Bertz CT molecular complexity index is 398. The van der Waals surface area contributed by atoms with Crippen LogP contribution in [0, 0.1) is 0 Å². The average Bonchev–Trinajstić information content (AvgIpc) is 2.62. The molecule has 1 saturated heterocycles. The monoisotopic (exact) mass is 251 g/mol. The maximum atomic E-state index is 5.70. The van der Waals surface area contributed by atoms with Crippen molar-refractivity contribution < 1.29 is 4.74 Å². The molecule has 6 heteroatoms. The summed E-state index contributed by atoms with van der Waals surface area (Å²) in [6.45, 7) is 3.18. The molecule has 2 heterocycles. The molecule has 0 aromatic carbocycles. The second-order valence-corrected chi connectivity index (χ2v) is 4.59. The second-order valence-electron chi connectivity index (χ2n) is 4.59. The van der Waals surface area contributed by atoms with Crippen LogP contribution in [0.25, 0.3) is 0 Å². The fourth-order valence-electron chi connectivity index (χ4n) is 2.45. The Balaban J connectivity index is 2.29. The molecule has 1 fully saturated rings. The molecule has 100 valence electrons. The smallest absolute Gasteiger partial charge is 0.322 e. The Labute approximate surface area is 108 Å². The van der Waals surface area contributed by atoms with Crippen molar-refractivity contribution in [2.45, 2.75) is 45.1 Å². The van der Waals surface area contributed by atoms with E-state index in [1.54, 1.807) is 0 Å². The van der Waals surface area contributed by atoms with Gasteiger partial charge in [-0.3, -0.25) is 0 Å². The molecule has 2 N–H and O–H groups in total. The highest BCUT2D eigenvalue weighted by molar-refractivity contribution is 5.37. The van der Waals surface area contributed by atoms with Crippen LogP contribution in [0.1, 0.15) is 39.0 Å². The lowest BCUT2D eigenvalue weighted by Gasteiger charge is -2.29. The molecule has 0 saturated carbocycles. The van der Waals surface area contributed by atoms with Crippen LogP contribution in [0.2, 0.25) is 0 Å². The Morgan fingerprint density at radius 3 is 2.83 bits per heavy atom. The number of hydrogen-bond donors (Lipinski definition) is 1. The van der Waals surface area contributed by atoms with E-state index in [2.05, 4.69) is 26.8 Å². The average molecular weight is 251 g/mol. The third-order valence-electron chi connectivity index (χ3n) is 3.41. The van der Waals surface area contributed by atoms with Crippen LogP contribution < -0.4 is 15.4 Å². The Kier molecular flexibility index (Phi) is 4.17. The van der Waals surface area contributed by atoms with Crippen LogP contribution in [0.4, 0.5) is 11.9 Å². The van der Waals surface area contributed by atoms with E-state index in [-0.39, 0.29) is 12.0 Å². The molecule has 1 aromatic rings. The van der Waals surface area contributed by atoms with E-state index in [9.17, 15) is 0 Å². The number of nitrogens with two attached hydrogens (primary N) is 1. The summed E-state index contributed by atoms with van der Waals surface area (Å²) in [5, 5.41) is 0. The number of nitrogens with zero attached hydrogens (tertiary/aromatic N) is 4. The van der Waals surface area contributed by atoms with Gasteiger partial charge in [0.1, 0.15) is 0 Å². The molecule has 0 bridgehead atoms. The van der Waals surface area contributed by atoms with Gasteiger partial charge in [0.2, 0.25) is 11.9 Å². The first-order chi connectivity index (χ1) is 8.74. The Hall–Kier alpha value is -1.59.